The van der Waals surface area contributed by atoms with Crippen molar-refractivity contribution < 1.29 is 14.3 Å². The van der Waals surface area contributed by atoms with Crippen LogP contribution in [-0.2, 0) is 0 Å². The van der Waals surface area contributed by atoms with Crippen LogP contribution in [0.5, 0.6) is 5.75 Å². The number of rotatable bonds is 19. The number of hydrogen-bond acceptors (Lipinski definition) is 3. The van der Waals surface area contributed by atoms with E-state index in [1.54, 1.807) is 18.2 Å². The van der Waals surface area contributed by atoms with E-state index in [4.69, 9.17) is 4.74 Å². The molecule has 0 aliphatic heterocycles. The first-order valence-corrected chi connectivity index (χ1v) is 13.0. The fourth-order valence-corrected chi connectivity index (χ4v) is 3.56. The molecule has 2 N–H and O–H groups in total. The van der Waals surface area contributed by atoms with Gasteiger partial charge in [-0.15, -0.1) is 0 Å². The predicted molar refractivity (Wildman–Crippen MR) is 134 cm³/mol. The lowest BCUT2D eigenvalue weighted by atomic mass is 10.1. The molecule has 1 aromatic carbocycles. The molecule has 0 aliphatic rings. The van der Waals surface area contributed by atoms with Gasteiger partial charge in [0, 0.05) is 18.7 Å². The smallest absolute Gasteiger partial charge is 0.255 e. The van der Waals surface area contributed by atoms with Crippen LogP contribution in [0.3, 0.4) is 0 Å². The Morgan fingerprint density at radius 1 is 0.688 bits per heavy atom. The second-order valence-corrected chi connectivity index (χ2v) is 8.61. The second-order valence-electron chi connectivity index (χ2n) is 8.61. The zero-order chi connectivity index (χ0) is 23.4. The Morgan fingerprint density at radius 3 is 1.81 bits per heavy atom. The number of unbranched alkanes of at least 4 members (excludes halogenated alkanes) is 10. The largest absolute Gasteiger partial charge is 0.493 e. The fraction of sp³-hybridized carbons (Fsp3) is 0.704. The number of ether oxygens (including phenoxy) is 1. The van der Waals surface area contributed by atoms with Gasteiger partial charge in [-0.1, -0.05) is 85.0 Å². The SMILES string of the molecule is CCCCCCCOc1cc(C(=O)NCCCCCC)ccc1C(=O)NCCCCCC. The van der Waals surface area contributed by atoms with Crippen LogP contribution in [0, 0.1) is 0 Å². The van der Waals surface area contributed by atoms with Gasteiger partial charge in [-0.05, 0) is 37.5 Å². The summed E-state index contributed by atoms with van der Waals surface area (Å²) >= 11 is 0. The van der Waals surface area contributed by atoms with Crippen LogP contribution < -0.4 is 15.4 Å². The molecular weight excluding hydrogens is 400 g/mol. The summed E-state index contributed by atoms with van der Waals surface area (Å²) in [4.78, 5) is 25.3. The third-order valence-corrected chi connectivity index (χ3v) is 5.63. The van der Waals surface area contributed by atoms with Crippen molar-refractivity contribution in [3.05, 3.63) is 29.3 Å². The molecule has 5 nitrogen and oxygen atoms in total. The lowest BCUT2D eigenvalue weighted by Gasteiger charge is -2.14. The third-order valence-electron chi connectivity index (χ3n) is 5.63. The first kappa shape index (κ1) is 28.0. The highest BCUT2D eigenvalue weighted by Crippen LogP contribution is 2.22. The Hall–Kier alpha value is -2.04. The van der Waals surface area contributed by atoms with Crippen molar-refractivity contribution in [1.82, 2.24) is 10.6 Å². The zero-order valence-electron chi connectivity index (χ0n) is 20.8. The topological polar surface area (TPSA) is 67.4 Å². The average Bonchev–Trinajstić information content (AvgIpc) is 2.80. The van der Waals surface area contributed by atoms with Gasteiger partial charge in [-0.3, -0.25) is 9.59 Å². The minimum Gasteiger partial charge on any atom is -0.493 e. The molecule has 32 heavy (non-hydrogen) atoms. The summed E-state index contributed by atoms with van der Waals surface area (Å²) < 4.78 is 5.99. The van der Waals surface area contributed by atoms with Crippen LogP contribution >= 0.6 is 0 Å². The predicted octanol–water partition coefficient (Wildman–Crippen LogP) is 6.66. The summed E-state index contributed by atoms with van der Waals surface area (Å²) in [6, 6.07) is 5.17. The maximum atomic E-state index is 12.7. The number of amides is 2. The molecule has 5 heteroatoms. The molecule has 0 radical (unpaired) electrons. The van der Waals surface area contributed by atoms with E-state index in [0.29, 0.717) is 36.6 Å². The third kappa shape index (κ3) is 12.1. The molecule has 0 fully saturated rings. The Balaban J connectivity index is 2.72. The molecule has 0 saturated carbocycles. The monoisotopic (exact) mass is 446 g/mol. The average molecular weight is 447 g/mol. The molecular formula is C27H46N2O3. The van der Waals surface area contributed by atoms with E-state index in [1.807, 2.05) is 0 Å². The van der Waals surface area contributed by atoms with Crippen LogP contribution in [-0.4, -0.2) is 31.5 Å². The maximum absolute atomic E-state index is 12.7. The van der Waals surface area contributed by atoms with Gasteiger partial charge in [-0.2, -0.15) is 0 Å². The number of hydrogen-bond donors (Lipinski definition) is 2. The van der Waals surface area contributed by atoms with Gasteiger partial charge in [-0.25, -0.2) is 0 Å². The lowest BCUT2D eigenvalue weighted by Crippen LogP contribution is -2.26. The van der Waals surface area contributed by atoms with E-state index in [2.05, 4.69) is 31.4 Å². The molecule has 182 valence electrons. The molecule has 1 rings (SSSR count). The molecule has 0 spiro atoms. The normalized spacial score (nSPS) is 10.7. The summed E-state index contributed by atoms with van der Waals surface area (Å²) in [5.74, 6) is 0.264. The van der Waals surface area contributed by atoms with Crippen molar-refractivity contribution in [2.75, 3.05) is 19.7 Å². The van der Waals surface area contributed by atoms with E-state index in [-0.39, 0.29) is 11.8 Å². The Kier molecular flexibility index (Phi) is 16.2. The van der Waals surface area contributed by atoms with Crippen molar-refractivity contribution in [3.8, 4) is 5.75 Å². The highest BCUT2D eigenvalue weighted by molar-refractivity contribution is 6.00. The van der Waals surface area contributed by atoms with Crippen molar-refractivity contribution in [3.63, 3.8) is 0 Å². The Labute approximate surface area is 196 Å². The Morgan fingerprint density at radius 2 is 1.22 bits per heavy atom. The molecule has 0 heterocycles. The maximum Gasteiger partial charge on any atom is 0.255 e. The van der Waals surface area contributed by atoms with Gasteiger partial charge in [0.25, 0.3) is 11.8 Å². The molecule has 1 aromatic rings. The highest BCUT2D eigenvalue weighted by Gasteiger charge is 2.16. The molecule has 0 bridgehead atoms. The van der Waals surface area contributed by atoms with Crippen LogP contribution in [0.25, 0.3) is 0 Å². The molecule has 2 amide bonds. The number of benzene rings is 1. The fourth-order valence-electron chi connectivity index (χ4n) is 3.56. The summed E-state index contributed by atoms with van der Waals surface area (Å²) in [6.45, 7) is 8.44. The van der Waals surface area contributed by atoms with Gasteiger partial charge < -0.3 is 15.4 Å². The number of carbonyl (C=O) groups is 2. The molecule has 0 atom stereocenters. The van der Waals surface area contributed by atoms with Crippen molar-refractivity contribution in [2.45, 2.75) is 104 Å². The summed E-state index contributed by atoms with van der Waals surface area (Å²) in [6.07, 6.45) is 14.6. The summed E-state index contributed by atoms with van der Waals surface area (Å²) in [5, 5.41) is 5.98. The van der Waals surface area contributed by atoms with E-state index in [0.717, 1.165) is 38.5 Å². The standard InChI is InChI=1S/C27H46N2O3/c1-4-7-10-13-16-21-32-25-22-23(26(30)28-19-14-11-8-5-2)17-18-24(25)27(31)29-20-15-12-9-6-3/h17-18,22H,4-16,19-21H2,1-3H3,(H,28,30)(H,29,31). The summed E-state index contributed by atoms with van der Waals surface area (Å²) in [5.41, 5.74) is 1.05. The minimum absolute atomic E-state index is 0.110. The minimum atomic E-state index is -0.131. The first-order valence-electron chi connectivity index (χ1n) is 13.0. The van der Waals surface area contributed by atoms with Crippen LogP contribution in [0.1, 0.15) is 125 Å². The second kappa shape index (κ2) is 18.5. The number of carbonyl (C=O) groups excluding carboxylic acids is 2. The van der Waals surface area contributed by atoms with Gasteiger partial charge in [0.1, 0.15) is 5.75 Å². The molecule has 0 aromatic heterocycles. The Bertz CT molecular complexity index is 646. The van der Waals surface area contributed by atoms with Gasteiger partial charge in [0.15, 0.2) is 0 Å². The molecule has 0 aliphatic carbocycles. The quantitative estimate of drug-likeness (QED) is 0.234. The van der Waals surface area contributed by atoms with Crippen molar-refractivity contribution in [1.29, 1.82) is 0 Å². The van der Waals surface area contributed by atoms with E-state index < -0.39 is 0 Å². The van der Waals surface area contributed by atoms with Crippen LogP contribution in [0.15, 0.2) is 18.2 Å². The van der Waals surface area contributed by atoms with Crippen molar-refractivity contribution >= 4 is 11.8 Å². The first-order chi connectivity index (χ1) is 15.6. The van der Waals surface area contributed by atoms with Gasteiger partial charge >= 0.3 is 0 Å². The summed E-state index contributed by atoms with van der Waals surface area (Å²) in [7, 11) is 0. The lowest BCUT2D eigenvalue weighted by molar-refractivity contribution is 0.0937. The van der Waals surface area contributed by atoms with Crippen LogP contribution in [0.4, 0.5) is 0 Å². The van der Waals surface area contributed by atoms with Crippen molar-refractivity contribution in [2.24, 2.45) is 0 Å². The molecule has 0 unspecified atom stereocenters. The van der Waals surface area contributed by atoms with E-state index in [1.165, 1.54) is 44.9 Å². The number of nitrogens with one attached hydrogen (secondary N) is 2. The molecule has 0 saturated heterocycles. The van der Waals surface area contributed by atoms with Crippen LogP contribution in [0.2, 0.25) is 0 Å². The van der Waals surface area contributed by atoms with Gasteiger partial charge in [0.2, 0.25) is 0 Å². The van der Waals surface area contributed by atoms with E-state index in [9.17, 15) is 9.59 Å². The van der Waals surface area contributed by atoms with Gasteiger partial charge in [0.05, 0.1) is 12.2 Å². The highest BCUT2D eigenvalue weighted by atomic mass is 16.5. The zero-order valence-corrected chi connectivity index (χ0v) is 20.8. The van der Waals surface area contributed by atoms with E-state index >= 15 is 0 Å².